The Morgan fingerprint density at radius 2 is 1.74 bits per heavy atom. The second-order valence-corrected chi connectivity index (χ2v) is 5.82. The molecule has 2 N–H and O–H groups in total. The minimum atomic E-state index is 0.834. The predicted octanol–water partition coefficient (Wildman–Crippen LogP) is 3.97. The van der Waals surface area contributed by atoms with Gasteiger partial charge in [-0.25, -0.2) is 0 Å². The summed E-state index contributed by atoms with van der Waals surface area (Å²) >= 11 is 3.56. The predicted molar refractivity (Wildman–Crippen MR) is 84.9 cm³/mol. The van der Waals surface area contributed by atoms with Gasteiger partial charge in [0.25, 0.3) is 0 Å². The first-order valence-corrected chi connectivity index (χ1v) is 7.12. The standard InChI is InChI=1S/C16H19BrN2/c1-12-6-8-13(9-7-12)10-19(2)11-14-15(17)4-3-5-16(14)18/h3-9H,10-11,18H2,1-2H3. The van der Waals surface area contributed by atoms with E-state index in [1.165, 1.54) is 11.1 Å². The Labute approximate surface area is 123 Å². The molecule has 0 saturated carbocycles. The lowest BCUT2D eigenvalue weighted by atomic mass is 10.1. The van der Waals surface area contributed by atoms with Gasteiger partial charge in [-0.15, -0.1) is 0 Å². The van der Waals surface area contributed by atoms with Gasteiger partial charge in [-0.1, -0.05) is 51.8 Å². The van der Waals surface area contributed by atoms with Gasteiger partial charge >= 0.3 is 0 Å². The van der Waals surface area contributed by atoms with Crippen LogP contribution in [0.25, 0.3) is 0 Å². The lowest BCUT2D eigenvalue weighted by molar-refractivity contribution is 0.319. The van der Waals surface area contributed by atoms with Crippen molar-refractivity contribution in [3.8, 4) is 0 Å². The average molecular weight is 319 g/mol. The molecule has 0 heterocycles. The van der Waals surface area contributed by atoms with Crippen LogP contribution in [-0.2, 0) is 13.1 Å². The number of benzene rings is 2. The zero-order chi connectivity index (χ0) is 13.8. The van der Waals surface area contributed by atoms with Crippen LogP contribution >= 0.6 is 15.9 Å². The molecule has 0 spiro atoms. The third-order valence-corrected chi connectivity index (χ3v) is 3.90. The summed E-state index contributed by atoms with van der Waals surface area (Å²) in [7, 11) is 2.11. The average Bonchev–Trinajstić information content (AvgIpc) is 2.37. The molecule has 2 rings (SSSR count). The maximum atomic E-state index is 6.03. The second kappa shape index (κ2) is 6.22. The van der Waals surface area contributed by atoms with E-state index in [4.69, 9.17) is 5.73 Å². The molecule has 0 aliphatic carbocycles. The van der Waals surface area contributed by atoms with Crippen molar-refractivity contribution >= 4 is 21.6 Å². The van der Waals surface area contributed by atoms with Crippen LogP contribution in [0, 0.1) is 6.92 Å². The normalized spacial score (nSPS) is 10.9. The van der Waals surface area contributed by atoms with E-state index in [0.29, 0.717) is 0 Å². The first-order valence-electron chi connectivity index (χ1n) is 6.33. The second-order valence-electron chi connectivity index (χ2n) is 4.97. The smallest absolute Gasteiger partial charge is 0.0371 e. The van der Waals surface area contributed by atoms with Gasteiger partial charge in [-0.05, 0) is 31.7 Å². The lowest BCUT2D eigenvalue weighted by Crippen LogP contribution is -2.18. The molecular formula is C16H19BrN2. The third kappa shape index (κ3) is 3.82. The van der Waals surface area contributed by atoms with Crippen LogP contribution < -0.4 is 5.73 Å². The van der Waals surface area contributed by atoms with Crippen LogP contribution in [0.15, 0.2) is 46.9 Å². The number of nitrogen functional groups attached to an aromatic ring is 1. The molecule has 19 heavy (non-hydrogen) atoms. The van der Waals surface area contributed by atoms with Crippen LogP contribution in [0.3, 0.4) is 0 Å². The molecule has 2 aromatic rings. The fourth-order valence-electron chi connectivity index (χ4n) is 2.07. The summed E-state index contributed by atoms with van der Waals surface area (Å²) < 4.78 is 1.07. The molecule has 0 unspecified atom stereocenters. The summed E-state index contributed by atoms with van der Waals surface area (Å²) in [6.07, 6.45) is 0. The molecule has 100 valence electrons. The molecule has 0 atom stereocenters. The van der Waals surface area contributed by atoms with E-state index in [0.717, 1.165) is 28.8 Å². The van der Waals surface area contributed by atoms with E-state index in [-0.39, 0.29) is 0 Å². The topological polar surface area (TPSA) is 29.3 Å². The van der Waals surface area contributed by atoms with Crippen LogP contribution in [0.2, 0.25) is 0 Å². The zero-order valence-electron chi connectivity index (χ0n) is 11.4. The van der Waals surface area contributed by atoms with E-state index in [1.807, 2.05) is 18.2 Å². The quantitative estimate of drug-likeness (QED) is 0.864. The highest BCUT2D eigenvalue weighted by Crippen LogP contribution is 2.24. The fraction of sp³-hybridized carbons (Fsp3) is 0.250. The van der Waals surface area contributed by atoms with Crippen molar-refractivity contribution in [2.75, 3.05) is 12.8 Å². The number of anilines is 1. The van der Waals surface area contributed by atoms with E-state index in [1.54, 1.807) is 0 Å². The van der Waals surface area contributed by atoms with E-state index >= 15 is 0 Å². The first kappa shape index (κ1) is 14.1. The van der Waals surface area contributed by atoms with Gasteiger partial charge in [-0.2, -0.15) is 0 Å². The van der Waals surface area contributed by atoms with Crippen molar-refractivity contribution in [1.82, 2.24) is 4.90 Å². The van der Waals surface area contributed by atoms with Crippen LogP contribution in [-0.4, -0.2) is 11.9 Å². The largest absolute Gasteiger partial charge is 0.398 e. The Hall–Kier alpha value is -1.32. The van der Waals surface area contributed by atoms with Gasteiger partial charge in [0.15, 0.2) is 0 Å². The van der Waals surface area contributed by atoms with Gasteiger partial charge in [0.2, 0.25) is 0 Å². The monoisotopic (exact) mass is 318 g/mol. The molecule has 2 nitrogen and oxygen atoms in total. The highest BCUT2D eigenvalue weighted by Gasteiger charge is 2.08. The van der Waals surface area contributed by atoms with Gasteiger partial charge in [0.1, 0.15) is 0 Å². The summed E-state index contributed by atoms with van der Waals surface area (Å²) in [4.78, 5) is 2.26. The van der Waals surface area contributed by atoms with E-state index < -0.39 is 0 Å². The van der Waals surface area contributed by atoms with Crippen LogP contribution in [0.1, 0.15) is 16.7 Å². The Morgan fingerprint density at radius 3 is 2.37 bits per heavy atom. The number of halogens is 1. The minimum absolute atomic E-state index is 0.834. The molecule has 0 fully saturated rings. The van der Waals surface area contributed by atoms with Crippen molar-refractivity contribution in [3.05, 3.63) is 63.6 Å². The van der Waals surface area contributed by atoms with Crippen molar-refractivity contribution in [1.29, 1.82) is 0 Å². The minimum Gasteiger partial charge on any atom is -0.398 e. The Morgan fingerprint density at radius 1 is 1.05 bits per heavy atom. The van der Waals surface area contributed by atoms with Crippen molar-refractivity contribution in [2.24, 2.45) is 0 Å². The Kier molecular flexibility index (Phi) is 4.61. The summed E-state index contributed by atoms with van der Waals surface area (Å²) in [5.74, 6) is 0. The van der Waals surface area contributed by atoms with Crippen molar-refractivity contribution in [3.63, 3.8) is 0 Å². The zero-order valence-corrected chi connectivity index (χ0v) is 12.9. The van der Waals surface area contributed by atoms with E-state index in [2.05, 4.69) is 59.1 Å². The van der Waals surface area contributed by atoms with Gasteiger partial charge in [-0.3, -0.25) is 4.90 Å². The number of hydrogen-bond donors (Lipinski definition) is 1. The number of nitrogens with two attached hydrogens (primary N) is 1. The Balaban J connectivity index is 2.05. The number of rotatable bonds is 4. The number of nitrogens with zero attached hydrogens (tertiary/aromatic N) is 1. The Bertz CT molecular complexity index is 529. The third-order valence-electron chi connectivity index (χ3n) is 3.16. The summed E-state index contributed by atoms with van der Waals surface area (Å²) in [6.45, 7) is 3.86. The highest BCUT2D eigenvalue weighted by atomic mass is 79.9. The fourth-order valence-corrected chi connectivity index (χ4v) is 2.58. The maximum Gasteiger partial charge on any atom is 0.0371 e. The summed E-state index contributed by atoms with van der Waals surface area (Å²) in [5.41, 5.74) is 10.6. The van der Waals surface area contributed by atoms with Crippen molar-refractivity contribution in [2.45, 2.75) is 20.0 Å². The first-order chi connectivity index (χ1) is 9.06. The molecule has 0 aromatic heterocycles. The summed E-state index contributed by atoms with van der Waals surface area (Å²) in [5, 5.41) is 0. The van der Waals surface area contributed by atoms with Crippen LogP contribution in [0.4, 0.5) is 5.69 Å². The van der Waals surface area contributed by atoms with E-state index in [9.17, 15) is 0 Å². The molecule has 0 bridgehead atoms. The molecule has 0 aliphatic heterocycles. The summed E-state index contributed by atoms with van der Waals surface area (Å²) in [6, 6.07) is 14.6. The van der Waals surface area contributed by atoms with Gasteiger partial charge in [0.05, 0.1) is 0 Å². The highest BCUT2D eigenvalue weighted by molar-refractivity contribution is 9.10. The maximum absolute atomic E-state index is 6.03. The molecule has 2 aromatic carbocycles. The molecule has 0 saturated heterocycles. The number of hydrogen-bond acceptors (Lipinski definition) is 2. The molecule has 0 radical (unpaired) electrons. The van der Waals surface area contributed by atoms with Crippen molar-refractivity contribution < 1.29 is 0 Å². The number of aryl methyl sites for hydroxylation is 1. The molecule has 0 amide bonds. The van der Waals surface area contributed by atoms with Crippen LogP contribution in [0.5, 0.6) is 0 Å². The molecule has 0 aliphatic rings. The lowest BCUT2D eigenvalue weighted by Gasteiger charge is -2.19. The van der Waals surface area contributed by atoms with Gasteiger partial charge in [0, 0.05) is 28.8 Å². The SMILES string of the molecule is Cc1ccc(CN(C)Cc2c(N)cccc2Br)cc1. The molecular weight excluding hydrogens is 300 g/mol. The van der Waals surface area contributed by atoms with Gasteiger partial charge < -0.3 is 5.73 Å². The molecule has 3 heteroatoms.